The van der Waals surface area contributed by atoms with Crippen LogP contribution in [0, 0.1) is 11.6 Å². The maximum atomic E-state index is 16.0. The third-order valence-corrected chi connectivity index (χ3v) is 8.90. The lowest BCUT2D eigenvalue weighted by Gasteiger charge is -2.33. The normalized spacial score (nSPS) is 14.6. The lowest BCUT2D eigenvalue weighted by Crippen LogP contribution is -2.40. The van der Waals surface area contributed by atoms with Gasteiger partial charge in [0.15, 0.2) is 0 Å². The van der Waals surface area contributed by atoms with E-state index in [1.54, 1.807) is 15.8 Å². The summed E-state index contributed by atoms with van der Waals surface area (Å²) < 4.78 is 45.4. The first-order chi connectivity index (χ1) is 22.1. The Hall–Kier alpha value is -4.75. The molecule has 13 heteroatoms. The number of halogens is 2. The van der Waals surface area contributed by atoms with Gasteiger partial charge in [0, 0.05) is 53.1 Å². The monoisotopic (exact) mass is 646 g/mol. The Bertz CT molecular complexity index is 2030. The van der Waals surface area contributed by atoms with E-state index < -0.39 is 11.6 Å². The highest BCUT2D eigenvalue weighted by molar-refractivity contribution is 7.18. The molecule has 1 aromatic carbocycles. The standard InChI is InChI=1S/C33H32F2N6O4S/c1-6-27(42)39-8-9-40-25(19(39)4)16-24(38-40)32-30(29-23(35)14-21(34)15-26(29)45-11-10-44-5)33-22(7-12-46-33)31(37-32)20-13-28(43)41(18(2)3)36-17-20/h6-7,12-19H,1,8-11H2,2-5H3. The average Bonchev–Trinajstić information content (AvgIpc) is 3.69. The quantitative estimate of drug-likeness (QED) is 0.142. The number of benzene rings is 1. The van der Waals surface area contributed by atoms with E-state index in [1.165, 1.54) is 35.3 Å². The number of ether oxygens (including phenoxy) is 2. The van der Waals surface area contributed by atoms with Gasteiger partial charge in [-0.25, -0.2) is 18.4 Å². The summed E-state index contributed by atoms with van der Waals surface area (Å²) in [6.07, 6.45) is 2.87. The van der Waals surface area contributed by atoms with Gasteiger partial charge in [-0.2, -0.15) is 10.2 Å². The van der Waals surface area contributed by atoms with Crippen molar-refractivity contribution in [1.29, 1.82) is 0 Å². The number of fused-ring (bicyclic) bond motifs is 2. The van der Waals surface area contributed by atoms with Gasteiger partial charge < -0.3 is 14.4 Å². The second-order valence-corrected chi connectivity index (χ2v) is 12.1. The maximum absolute atomic E-state index is 16.0. The molecule has 0 fully saturated rings. The van der Waals surface area contributed by atoms with E-state index >= 15 is 4.39 Å². The van der Waals surface area contributed by atoms with Crippen LogP contribution in [-0.4, -0.2) is 62.2 Å². The number of amides is 1. The Morgan fingerprint density at radius 1 is 1.15 bits per heavy atom. The van der Waals surface area contributed by atoms with Crippen molar-refractivity contribution in [3.63, 3.8) is 0 Å². The van der Waals surface area contributed by atoms with Gasteiger partial charge in [-0.1, -0.05) is 6.58 Å². The summed E-state index contributed by atoms with van der Waals surface area (Å²) in [6.45, 7) is 10.4. The molecule has 1 atom stereocenters. The summed E-state index contributed by atoms with van der Waals surface area (Å²) in [7, 11) is 1.51. The van der Waals surface area contributed by atoms with Crippen LogP contribution in [0.15, 0.2) is 59.4 Å². The molecule has 238 valence electrons. The van der Waals surface area contributed by atoms with Crippen molar-refractivity contribution in [3.8, 4) is 39.5 Å². The lowest BCUT2D eigenvalue weighted by atomic mass is 9.96. The third-order valence-electron chi connectivity index (χ3n) is 7.97. The van der Waals surface area contributed by atoms with Crippen LogP contribution < -0.4 is 10.3 Å². The van der Waals surface area contributed by atoms with Crippen LogP contribution in [0.25, 0.3) is 43.9 Å². The smallest absolute Gasteiger partial charge is 0.267 e. The maximum Gasteiger partial charge on any atom is 0.267 e. The molecule has 5 aromatic rings. The lowest BCUT2D eigenvalue weighted by molar-refractivity contribution is -0.129. The molecule has 0 saturated heterocycles. The molecule has 1 aliphatic heterocycles. The van der Waals surface area contributed by atoms with Gasteiger partial charge in [-0.05, 0) is 44.4 Å². The molecule has 0 bridgehead atoms. The molecular weight excluding hydrogens is 614 g/mol. The van der Waals surface area contributed by atoms with Crippen LogP contribution in [0.5, 0.6) is 5.75 Å². The zero-order valence-electron chi connectivity index (χ0n) is 25.8. The minimum atomic E-state index is -0.834. The highest BCUT2D eigenvalue weighted by Gasteiger charge is 2.31. The summed E-state index contributed by atoms with van der Waals surface area (Å²) in [5.74, 6) is -1.84. The van der Waals surface area contributed by atoms with E-state index in [1.807, 2.05) is 38.3 Å². The number of hydrogen-bond acceptors (Lipinski definition) is 8. The fourth-order valence-electron chi connectivity index (χ4n) is 5.77. The SMILES string of the molecule is C=CC(=O)N1CCn2nc(-c3nc(-c4cnn(C(C)C)c(=O)c4)c4ccsc4c3-c3c(F)cc(F)cc3OCCOC)cc2C1C. The van der Waals surface area contributed by atoms with Crippen LogP contribution in [0.2, 0.25) is 0 Å². The Morgan fingerprint density at radius 3 is 2.67 bits per heavy atom. The highest BCUT2D eigenvalue weighted by Crippen LogP contribution is 2.47. The van der Waals surface area contributed by atoms with Gasteiger partial charge in [-0.15, -0.1) is 11.3 Å². The first-order valence-electron chi connectivity index (χ1n) is 14.8. The molecular formula is C33H32F2N6O4S. The number of carbonyl (C=O) groups is 1. The molecule has 1 amide bonds. The molecule has 0 saturated carbocycles. The number of carbonyl (C=O) groups excluding carboxylic acids is 1. The van der Waals surface area contributed by atoms with Gasteiger partial charge in [0.25, 0.3) is 5.56 Å². The minimum Gasteiger partial charge on any atom is -0.490 e. The van der Waals surface area contributed by atoms with E-state index in [2.05, 4.69) is 11.7 Å². The second kappa shape index (κ2) is 12.6. The summed E-state index contributed by atoms with van der Waals surface area (Å²) in [6, 6.07) is 6.63. The molecule has 0 aliphatic carbocycles. The zero-order chi connectivity index (χ0) is 32.7. The molecule has 0 spiro atoms. The van der Waals surface area contributed by atoms with Crippen molar-refractivity contribution in [2.45, 2.75) is 39.4 Å². The highest BCUT2D eigenvalue weighted by atomic mass is 32.1. The molecule has 4 aromatic heterocycles. The average molecular weight is 647 g/mol. The Labute approximate surface area is 267 Å². The largest absolute Gasteiger partial charge is 0.490 e. The van der Waals surface area contributed by atoms with E-state index in [9.17, 15) is 14.0 Å². The number of methoxy groups -OCH3 is 1. The number of pyridine rings is 1. The first-order valence-corrected chi connectivity index (χ1v) is 15.6. The van der Waals surface area contributed by atoms with Crippen LogP contribution in [-0.2, 0) is 16.1 Å². The summed E-state index contributed by atoms with van der Waals surface area (Å²) in [4.78, 5) is 32.3. The van der Waals surface area contributed by atoms with Crippen LogP contribution >= 0.6 is 11.3 Å². The molecule has 1 aliphatic rings. The van der Waals surface area contributed by atoms with Gasteiger partial charge in [0.1, 0.15) is 35.4 Å². The molecule has 5 heterocycles. The van der Waals surface area contributed by atoms with Crippen molar-refractivity contribution in [2.24, 2.45) is 0 Å². The summed E-state index contributed by atoms with van der Waals surface area (Å²) in [5.41, 5.74) is 2.51. The van der Waals surface area contributed by atoms with Gasteiger partial charge in [0.2, 0.25) is 5.91 Å². The molecule has 0 N–H and O–H groups in total. The van der Waals surface area contributed by atoms with Crippen molar-refractivity contribution in [1.82, 2.24) is 29.4 Å². The zero-order valence-corrected chi connectivity index (χ0v) is 26.6. The summed E-state index contributed by atoms with van der Waals surface area (Å²) >= 11 is 1.35. The minimum absolute atomic E-state index is 0.0126. The Kier molecular flexibility index (Phi) is 8.53. The molecule has 6 rings (SSSR count). The number of rotatable bonds is 9. The Morgan fingerprint density at radius 2 is 1.96 bits per heavy atom. The van der Waals surface area contributed by atoms with E-state index in [4.69, 9.17) is 19.6 Å². The predicted molar refractivity (Wildman–Crippen MR) is 172 cm³/mol. The molecule has 10 nitrogen and oxygen atoms in total. The van der Waals surface area contributed by atoms with Gasteiger partial charge in [0.05, 0.1) is 48.4 Å². The molecule has 46 heavy (non-hydrogen) atoms. The summed E-state index contributed by atoms with van der Waals surface area (Å²) in [5, 5.41) is 11.7. The fourth-order valence-corrected chi connectivity index (χ4v) is 6.72. The van der Waals surface area contributed by atoms with E-state index in [0.29, 0.717) is 51.4 Å². The second-order valence-electron chi connectivity index (χ2n) is 11.2. The number of hydrogen-bond donors (Lipinski definition) is 0. The van der Waals surface area contributed by atoms with Crippen molar-refractivity contribution < 1.29 is 23.0 Å². The van der Waals surface area contributed by atoms with Crippen LogP contribution in [0.4, 0.5) is 8.78 Å². The third kappa shape index (κ3) is 5.49. The van der Waals surface area contributed by atoms with Crippen LogP contribution in [0.1, 0.15) is 38.5 Å². The van der Waals surface area contributed by atoms with Gasteiger partial charge in [-0.3, -0.25) is 14.3 Å². The Balaban J connectivity index is 1.64. The number of nitrogens with zero attached hydrogens (tertiary/aromatic N) is 6. The van der Waals surface area contributed by atoms with Crippen molar-refractivity contribution in [3.05, 3.63) is 82.2 Å². The first kappa shape index (κ1) is 31.2. The van der Waals surface area contributed by atoms with Crippen molar-refractivity contribution in [2.75, 3.05) is 26.9 Å². The molecule has 1 unspecified atom stereocenters. The molecule has 0 radical (unpaired) electrons. The van der Waals surface area contributed by atoms with Crippen molar-refractivity contribution >= 4 is 27.3 Å². The fraction of sp³-hybridized carbons (Fsp3) is 0.303. The van der Waals surface area contributed by atoms with Gasteiger partial charge >= 0.3 is 0 Å². The van der Waals surface area contributed by atoms with Crippen LogP contribution in [0.3, 0.4) is 0 Å². The predicted octanol–water partition coefficient (Wildman–Crippen LogP) is 6.02. The number of thiophene rings is 1. The van der Waals surface area contributed by atoms with E-state index in [-0.39, 0.29) is 48.1 Å². The topological polar surface area (TPSA) is 104 Å². The van der Waals surface area contributed by atoms with E-state index in [0.717, 1.165) is 17.8 Å². The number of aromatic nitrogens is 5.